The first-order chi connectivity index (χ1) is 9.94. The number of methoxy groups -OCH3 is 3. The van der Waals surface area contributed by atoms with Gasteiger partial charge in [0.25, 0.3) is 5.91 Å². The van der Waals surface area contributed by atoms with E-state index in [0.717, 1.165) is 0 Å². The molecule has 0 bridgehead atoms. The van der Waals surface area contributed by atoms with Crippen LogP contribution in [0.3, 0.4) is 0 Å². The van der Waals surface area contributed by atoms with Gasteiger partial charge in [0.15, 0.2) is 0 Å². The van der Waals surface area contributed by atoms with Crippen LogP contribution < -0.4 is 14.8 Å². The number of hydrogen-bond donors (Lipinski definition) is 1. The molecule has 1 rings (SSSR count). The number of carbonyl (C=O) groups excluding carboxylic acids is 2. The summed E-state index contributed by atoms with van der Waals surface area (Å²) in [6, 6.07) is 4.16. The Hall–Kier alpha value is -2.24. The van der Waals surface area contributed by atoms with E-state index >= 15 is 0 Å². The van der Waals surface area contributed by atoms with E-state index < -0.39 is 17.9 Å². The van der Waals surface area contributed by atoms with E-state index in [0.29, 0.717) is 17.1 Å². The van der Waals surface area contributed by atoms with Gasteiger partial charge in [0.05, 0.1) is 26.9 Å². The van der Waals surface area contributed by atoms with Gasteiger partial charge in [0.2, 0.25) is 0 Å². The van der Waals surface area contributed by atoms with E-state index in [-0.39, 0.29) is 5.92 Å². The highest BCUT2D eigenvalue weighted by Gasteiger charge is 2.26. The zero-order valence-corrected chi connectivity index (χ0v) is 12.9. The van der Waals surface area contributed by atoms with Gasteiger partial charge in [-0.15, -0.1) is 0 Å². The summed E-state index contributed by atoms with van der Waals surface area (Å²) in [4.78, 5) is 24.1. The second-order valence-electron chi connectivity index (χ2n) is 4.78. The molecular weight excluding hydrogens is 274 g/mol. The molecule has 1 amide bonds. The van der Waals surface area contributed by atoms with E-state index in [4.69, 9.17) is 14.2 Å². The first-order valence-corrected chi connectivity index (χ1v) is 6.55. The van der Waals surface area contributed by atoms with E-state index in [1.807, 2.05) is 13.8 Å². The zero-order valence-electron chi connectivity index (χ0n) is 12.9. The lowest BCUT2D eigenvalue weighted by Gasteiger charge is -2.20. The van der Waals surface area contributed by atoms with Crippen molar-refractivity contribution in [3.8, 4) is 11.5 Å². The van der Waals surface area contributed by atoms with Gasteiger partial charge in [0, 0.05) is 0 Å². The minimum absolute atomic E-state index is 0.0991. The maximum atomic E-state index is 12.4. The Kier molecular flexibility index (Phi) is 6.02. The van der Waals surface area contributed by atoms with Crippen molar-refractivity contribution < 1.29 is 23.8 Å². The molecule has 1 aromatic rings. The van der Waals surface area contributed by atoms with Crippen LogP contribution in [0.1, 0.15) is 24.2 Å². The second kappa shape index (κ2) is 7.52. The van der Waals surface area contributed by atoms with Crippen LogP contribution >= 0.6 is 0 Å². The van der Waals surface area contributed by atoms with Crippen LogP contribution in [0.15, 0.2) is 18.2 Å². The number of benzene rings is 1. The molecule has 0 aromatic heterocycles. The van der Waals surface area contributed by atoms with Crippen molar-refractivity contribution in [1.29, 1.82) is 0 Å². The third-order valence-electron chi connectivity index (χ3n) is 3.06. The molecule has 0 aliphatic rings. The summed E-state index contributed by atoms with van der Waals surface area (Å²) in [7, 11) is 4.27. The fraction of sp³-hybridized carbons (Fsp3) is 0.467. The summed E-state index contributed by atoms with van der Waals surface area (Å²) in [5, 5.41) is 2.66. The molecule has 0 fully saturated rings. The van der Waals surface area contributed by atoms with Gasteiger partial charge >= 0.3 is 5.97 Å². The van der Waals surface area contributed by atoms with E-state index in [9.17, 15) is 9.59 Å². The molecule has 0 saturated heterocycles. The molecule has 1 aromatic carbocycles. The Morgan fingerprint density at radius 2 is 1.76 bits per heavy atom. The maximum Gasteiger partial charge on any atom is 0.328 e. The van der Waals surface area contributed by atoms with Crippen LogP contribution in [0, 0.1) is 5.92 Å². The van der Waals surface area contributed by atoms with Gasteiger partial charge in [-0.25, -0.2) is 4.79 Å². The SMILES string of the molecule is COC(=O)C(NC(=O)c1cc(OC)ccc1OC)C(C)C. The lowest BCUT2D eigenvalue weighted by atomic mass is 10.0. The monoisotopic (exact) mass is 295 g/mol. The van der Waals surface area contributed by atoms with Crippen LogP contribution in [0.5, 0.6) is 11.5 Å². The highest BCUT2D eigenvalue weighted by atomic mass is 16.5. The van der Waals surface area contributed by atoms with E-state index in [1.165, 1.54) is 21.3 Å². The minimum atomic E-state index is -0.724. The Bertz CT molecular complexity index is 513. The van der Waals surface area contributed by atoms with Crippen molar-refractivity contribution in [2.75, 3.05) is 21.3 Å². The zero-order chi connectivity index (χ0) is 16.0. The van der Waals surface area contributed by atoms with Crippen LogP contribution in [-0.4, -0.2) is 39.2 Å². The molecule has 0 spiro atoms. The van der Waals surface area contributed by atoms with Crippen LogP contribution in [0.2, 0.25) is 0 Å². The van der Waals surface area contributed by atoms with Crippen molar-refractivity contribution in [1.82, 2.24) is 5.32 Å². The first kappa shape index (κ1) is 16.8. The largest absolute Gasteiger partial charge is 0.497 e. The fourth-order valence-electron chi connectivity index (χ4n) is 1.84. The van der Waals surface area contributed by atoms with Crippen molar-refractivity contribution in [2.24, 2.45) is 5.92 Å². The van der Waals surface area contributed by atoms with Gasteiger partial charge in [-0.1, -0.05) is 13.8 Å². The quantitative estimate of drug-likeness (QED) is 0.807. The summed E-state index contributed by atoms with van der Waals surface area (Å²) in [6.07, 6.45) is 0. The number of nitrogens with one attached hydrogen (secondary N) is 1. The lowest BCUT2D eigenvalue weighted by molar-refractivity contribution is -0.144. The average molecular weight is 295 g/mol. The molecule has 0 saturated carbocycles. The van der Waals surface area contributed by atoms with Crippen molar-refractivity contribution in [3.63, 3.8) is 0 Å². The highest BCUT2D eigenvalue weighted by molar-refractivity contribution is 5.99. The van der Waals surface area contributed by atoms with Crippen molar-refractivity contribution >= 4 is 11.9 Å². The molecule has 0 aliphatic carbocycles. The average Bonchev–Trinajstić information content (AvgIpc) is 2.50. The predicted molar refractivity (Wildman–Crippen MR) is 77.7 cm³/mol. The smallest absolute Gasteiger partial charge is 0.328 e. The Morgan fingerprint density at radius 1 is 1.10 bits per heavy atom. The Labute approximate surface area is 124 Å². The molecule has 116 valence electrons. The van der Waals surface area contributed by atoms with Crippen LogP contribution in [-0.2, 0) is 9.53 Å². The third-order valence-corrected chi connectivity index (χ3v) is 3.06. The minimum Gasteiger partial charge on any atom is -0.497 e. The number of ether oxygens (including phenoxy) is 3. The Balaban J connectivity index is 3.04. The number of esters is 1. The second-order valence-corrected chi connectivity index (χ2v) is 4.78. The van der Waals surface area contributed by atoms with Gasteiger partial charge in [-0.3, -0.25) is 4.79 Å². The molecule has 1 unspecified atom stereocenters. The van der Waals surface area contributed by atoms with Gasteiger partial charge in [-0.2, -0.15) is 0 Å². The molecule has 0 radical (unpaired) electrons. The summed E-state index contributed by atoms with van der Waals surface area (Å²) < 4.78 is 15.0. The molecule has 6 nitrogen and oxygen atoms in total. The topological polar surface area (TPSA) is 73.9 Å². The van der Waals surface area contributed by atoms with Crippen LogP contribution in [0.4, 0.5) is 0 Å². The number of rotatable bonds is 6. The molecule has 0 heterocycles. The third kappa shape index (κ3) is 4.11. The van der Waals surface area contributed by atoms with E-state index in [2.05, 4.69) is 5.32 Å². The number of carbonyl (C=O) groups is 2. The summed E-state index contributed by atoms with van der Waals surface area (Å²) in [5.41, 5.74) is 0.298. The first-order valence-electron chi connectivity index (χ1n) is 6.55. The van der Waals surface area contributed by atoms with Crippen molar-refractivity contribution in [2.45, 2.75) is 19.9 Å². The lowest BCUT2D eigenvalue weighted by Crippen LogP contribution is -2.45. The maximum absolute atomic E-state index is 12.4. The molecule has 21 heavy (non-hydrogen) atoms. The van der Waals surface area contributed by atoms with Gasteiger partial charge < -0.3 is 19.5 Å². The number of hydrogen-bond acceptors (Lipinski definition) is 5. The normalized spacial score (nSPS) is 11.7. The summed E-state index contributed by atoms with van der Waals surface area (Å²) in [6.45, 7) is 3.65. The highest BCUT2D eigenvalue weighted by Crippen LogP contribution is 2.24. The van der Waals surface area contributed by atoms with Gasteiger partial charge in [-0.05, 0) is 24.1 Å². The Morgan fingerprint density at radius 3 is 2.24 bits per heavy atom. The summed E-state index contributed by atoms with van der Waals surface area (Å²) in [5.74, 6) is -0.0751. The molecule has 1 N–H and O–H groups in total. The molecule has 0 aliphatic heterocycles. The van der Waals surface area contributed by atoms with E-state index in [1.54, 1.807) is 18.2 Å². The number of amides is 1. The molecule has 6 heteroatoms. The standard InChI is InChI=1S/C15H21NO5/c1-9(2)13(15(18)21-5)16-14(17)11-8-10(19-3)6-7-12(11)20-4/h6-9,13H,1-5H3,(H,16,17). The van der Waals surface area contributed by atoms with Crippen molar-refractivity contribution in [3.05, 3.63) is 23.8 Å². The molecular formula is C15H21NO5. The van der Waals surface area contributed by atoms with Gasteiger partial charge in [0.1, 0.15) is 17.5 Å². The fourth-order valence-corrected chi connectivity index (χ4v) is 1.84. The molecule has 1 atom stereocenters. The predicted octanol–water partition coefficient (Wildman–Crippen LogP) is 1.63. The summed E-state index contributed by atoms with van der Waals surface area (Å²) >= 11 is 0. The van der Waals surface area contributed by atoms with Crippen LogP contribution in [0.25, 0.3) is 0 Å².